The lowest BCUT2D eigenvalue weighted by molar-refractivity contribution is -0.117. The number of rotatable bonds is 3. The van der Waals surface area contributed by atoms with Gasteiger partial charge in [-0.15, -0.1) is 12.4 Å². The Morgan fingerprint density at radius 2 is 2.18 bits per heavy atom. The van der Waals surface area contributed by atoms with E-state index >= 15 is 0 Å². The third-order valence-electron chi connectivity index (χ3n) is 4.13. The molecular formula is C16H22ClN3O2. The van der Waals surface area contributed by atoms with Crippen LogP contribution in [0, 0.1) is 0 Å². The van der Waals surface area contributed by atoms with E-state index in [9.17, 15) is 9.59 Å². The van der Waals surface area contributed by atoms with Gasteiger partial charge in [0.25, 0.3) is 5.91 Å². The first kappa shape index (κ1) is 16.8. The summed E-state index contributed by atoms with van der Waals surface area (Å²) in [6, 6.07) is 7.55. The second-order valence-corrected chi connectivity index (χ2v) is 5.72. The van der Waals surface area contributed by atoms with Crippen LogP contribution >= 0.6 is 12.4 Å². The molecule has 1 aromatic rings. The first-order valence-electron chi connectivity index (χ1n) is 7.66. The van der Waals surface area contributed by atoms with Crippen LogP contribution < -0.4 is 15.5 Å². The lowest BCUT2D eigenvalue weighted by Crippen LogP contribution is -2.45. The van der Waals surface area contributed by atoms with E-state index in [0.717, 1.165) is 44.6 Å². The van der Waals surface area contributed by atoms with Crippen molar-refractivity contribution in [3.63, 3.8) is 0 Å². The van der Waals surface area contributed by atoms with Crippen LogP contribution in [0.5, 0.6) is 0 Å². The van der Waals surface area contributed by atoms with Gasteiger partial charge in [0.1, 0.15) is 0 Å². The van der Waals surface area contributed by atoms with E-state index in [1.165, 1.54) is 0 Å². The van der Waals surface area contributed by atoms with Gasteiger partial charge in [-0.05, 0) is 44.0 Å². The lowest BCUT2D eigenvalue weighted by Gasteiger charge is -2.24. The fraction of sp³-hybridized carbons (Fsp3) is 0.500. The summed E-state index contributed by atoms with van der Waals surface area (Å²) in [7, 11) is 0. The standard InChI is InChI=1S/C16H21N3O2.ClH/c20-15-7-3-9-19(15)14-6-1-4-12(10-14)16(21)18-13-5-2-8-17-11-13;/h1,4,6,10,13,17H,2-3,5,7-9,11H2,(H,18,21);1H. The van der Waals surface area contributed by atoms with Crippen molar-refractivity contribution in [1.29, 1.82) is 0 Å². The number of amides is 2. The summed E-state index contributed by atoms with van der Waals surface area (Å²) in [5.74, 6) is 0.0845. The van der Waals surface area contributed by atoms with Gasteiger partial charge in [-0.3, -0.25) is 9.59 Å². The van der Waals surface area contributed by atoms with E-state index in [-0.39, 0.29) is 30.3 Å². The first-order chi connectivity index (χ1) is 10.2. The maximum absolute atomic E-state index is 12.3. The highest BCUT2D eigenvalue weighted by molar-refractivity contribution is 5.99. The number of piperidine rings is 1. The topological polar surface area (TPSA) is 61.4 Å². The molecule has 6 heteroatoms. The number of anilines is 1. The number of carbonyl (C=O) groups is 2. The maximum atomic E-state index is 12.3. The fourth-order valence-corrected chi connectivity index (χ4v) is 2.98. The average molecular weight is 324 g/mol. The monoisotopic (exact) mass is 323 g/mol. The Bertz CT molecular complexity index is 544. The Hall–Kier alpha value is -1.59. The van der Waals surface area contributed by atoms with E-state index in [1.807, 2.05) is 18.2 Å². The number of carbonyl (C=O) groups excluding carboxylic acids is 2. The molecule has 0 spiro atoms. The van der Waals surface area contributed by atoms with Crippen molar-refractivity contribution in [2.45, 2.75) is 31.7 Å². The van der Waals surface area contributed by atoms with Crippen molar-refractivity contribution in [3.8, 4) is 0 Å². The highest BCUT2D eigenvalue weighted by atomic mass is 35.5. The minimum atomic E-state index is -0.0582. The third-order valence-corrected chi connectivity index (χ3v) is 4.13. The number of nitrogens with zero attached hydrogens (tertiary/aromatic N) is 1. The molecule has 0 aromatic heterocycles. The smallest absolute Gasteiger partial charge is 0.251 e. The lowest BCUT2D eigenvalue weighted by atomic mass is 10.1. The predicted molar refractivity (Wildman–Crippen MR) is 88.6 cm³/mol. The van der Waals surface area contributed by atoms with E-state index in [1.54, 1.807) is 11.0 Å². The number of benzene rings is 1. The number of hydrogen-bond donors (Lipinski definition) is 2. The number of nitrogens with one attached hydrogen (secondary N) is 2. The zero-order chi connectivity index (χ0) is 14.7. The Morgan fingerprint density at radius 1 is 1.32 bits per heavy atom. The van der Waals surface area contributed by atoms with Crippen LogP contribution in [0.25, 0.3) is 0 Å². The molecule has 0 aliphatic carbocycles. The van der Waals surface area contributed by atoms with E-state index < -0.39 is 0 Å². The molecule has 2 amide bonds. The molecule has 1 unspecified atom stereocenters. The van der Waals surface area contributed by atoms with Crippen LogP contribution in [0.3, 0.4) is 0 Å². The van der Waals surface area contributed by atoms with Crippen LogP contribution in [0.15, 0.2) is 24.3 Å². The molecule has 2 aliphatic rings. The fourth-order valence-electron chi connectivity index (χ4n) is 2.98. The molecule has 22 heavy (non-hydrogen) atoms. The second-order valence-electron chi connectivity index (χ2n) is 5.72. The summed E-state index contributed by atoms with van der Waals surface area (Å²) >= 11 is 0. The van der Waals surface area contributed by atoms with Crippen LogP contribution in [0.4, 0.5) is 5.69 Å². The summed E-state index contributed by atoms with van der Waals surface area (Å²) in [6.45, 7) is 2.60. The molecule has 3 rings (SSSR count). The summed E-state index contributed by atoms with van der Waals surface area (Å²) in [5.41, 5.74) is 1.45. The Labute approximate surface area is 136 Å². The van der Waals surface area contributed by atoms with Crippen LogP contribution in [0.2, 0.25) is 0 Å². The molecule has 2 fully saturated rings. The molecule has 5 nitrogen and oxygen atoms in total. The molecule has 0 saturated carbocycles. The molecule has 2 heterocycles. The van der Waals surface area contributed by atoms with Gasteiger partial charge in [-0.2, -0.15) is 0 Å². The van der Waals surface area contributed by atoms with Crippen molar-refractivity contribution in [3.05, 3.63) is 29.8 Å². The molecule has 2 aliphatic heterocycles. The van der Waals surface area contributed by atoms with Crippen molar-refractivity contribution in [1.82, 2.24) is 10.6 Å². The van der Waals surface area contributed by atoms with E-state index in [2.05, 4.69) is 10.6 Å². The molecule has 0 radical (unpaired) electrons. The summed E-state index contributed by atoms with van der Waals surface area (Å²) in [4.78, 5) is 25.9. The van der Waals surface area contributed by atoms with Gasteiger partial charge >= 0.3 is 0 Å². The minimum Gasteiger partial charge on any atom is -0.348 e. The molecule has 1 atom stereocenters. The molecule has 0 bridgehead atoms. The number of halogens is 1. The van der Waals surface area contributed by atoms with Crippen molar-refractivity contribution < 1.29 is 9.59 Å². The van der Waals surface area contributed by atoms with E-state index in [0.29, 0.717) is 12.0 Å². The summed E-state index contributed by atoms with van der Waals surface area (Å²) in [6.07, 6.45) is 3.60. The number of hydrogen-bond acceptors (Lipinski definition) is 3. The van der Waals surface area contributed by atoms with E-state index in [4.69, 9.17) is 0 Å². The van der Waals surface area contributed by atoms with Crippen LogP contribution in [0.1, 0.15) is 36.0 Å². The zero-order valence-corrected chi connectivity index (χ0v) is 13.3. The SMILES string of the molecule is Cl.O=C(NC1CCCNC1)c1cccc(N2CCCC2=O)c1. The van der Waals surface area contributed by atoms with Crippen molar-refractivity contribution in [2.24, 2.45) is 0 Å². The van der Waals surface area contributed by atoms with Gasteiger partial charge < -0.3 is 15.5 Å². The van der Waals surface area contributed by atoms with Gasteiger partial charge in [0.15, 0.2) is 0 Å². The molecular weight excluding hydrogens is 302 g/mol. The molecule has 120 valence electrons. The van der Waals surface area contributed by atoms with Gasteiger partial charge in [-0.25, -0.2) is 0 Å². The third kappa shape index (κ3) is 3.78. The Kier molecular flexibility index (Phi) is 5.80. The van der Waals surface area contributed by atoms with Crippen LogP contribution in [-0.2, 0) is 4.79 Å². The summed E-state index contributed by atoms with van der Waals surface area (Å²) < 4.78 is 0. The average Bonchev–Trinajstić information content (AvgIpc) is 2.94. The summed E-state index contributed by atoms with van der Waals surface area (Å²) in [5, 5.41) is 6.35. The highest BCUT2D eigenvalue weighted by Crippen LogP contribution is 2.22. The normalized spacial score (nSPS) is 21.4. The molecule has 1 aromatic carbocycles. The molecule has 2 N–H and O–H groups in total. The minimum absolute atomic E-state index is 0. The largest absolute Gasteiger partial charge is 0.348 e. The van der Waals surface area contributed by atoms with Gasteiger partial charge in [-0.1, -0.05) is 6.07 Å². The second kappa shape index (κ2) is 7.61. The van der Waals surface area contributed by atoms with Crippen molar-refractivity contribution >= 4 is 29.9 Å². The first-order valence-corrected chi connectivity index (χ1v) is 7.66. The van der Waals surface area contributed by atoms with Crippen molar-refractivity contribution in [2.75, 3.05) is 24.5 Å². The Morgan fingerprint density at radius 3 is 2.86 bits per heavy atom. The predicted octanol–water partition coefficient (Wildman–Crippen LogP) is 1.72. The maximum Gasteiger partial charge on any atom is 0.251 e. The zero-order valence-electron chi connectivity index (χ0n) is 12.5. The van der Waals surface area contributed by atoms with Crippen LogP contribution in [-0.4, -0.2) is 37.5 Å². The van der Waals surface area contributed by atoms with Gasteiger partial charge in [0, 0.05) is 36.8 Å². The quantitative estimate of drug-likeness (QED) is 0.890. The van der Waals surface area contributed by atoms with Gasteiger partial charge in [0.2, 0.25) is 5.91 Å². The molecule has 2 saturated heterocycles. The highest BCUT2D eigenvalue weighted by Gasteiger charge is 2.23. The Balaban J connectivity index is 0.00000176. The van der Waals surface area contributed by atoms with Gasteiger partial charge in [0.05, 0.1) is 0 Å².